The van der Waals surface area contributed by atoms with Gasteiger partial charge in [-0.3, -0.25) is 9.89 Å². The lowest BCUT2D eigenvalue weighted by Crippen LogP contribution is -2.45. The second-order valence-electron chi connectivity index (χ2n) is 7.63. The monoisotopic (exact) mass is 485 g/mol. The Morgan fingerprint density at radius 1 is 1.00 bits per heavy atom. The SMILES string of the molecule is CN=C(NCCCNC(=O)OC(C)(C)C)NCCN(C(C)C)C(C)C.I. The van der Waals surface area contributed by atoms with E-state index in [4.69, 9.17) is 4.74 Å². The lowest BCUT2D eigenvalue weighted by Gasteiger charge is -2.30. The van der Waals surface area contributed by atoms with Crippen molar-refractivity contribution in [3.63, 3.8) is 0 Å². The van der Waals surface area contributed by atoms with Gasteiger partial charge >= 0.3 is 6.09 Å². The maximum Gasteiger partial charge on any atom is 0.407 e. The van der Waals surface area contributed by atoms with Crippen molar-refractivity contribution in [1.82, 2.24) is 20.9 Å². The standard InChI is InChI=1S/C18H39N5O2.HI/c1-14(2)23(15(3)4)13-12-21-16(19-8)20-10-9-11-22-17(24)25-18(5,6)7;/h14-15H,9-13H2,1-8H3,(H,22,24)(H2,19,20,21);1H. The molecule has 26 heavy (non-hydrogen) atoms. The smallest absolute Gasteiger partial charge is 0.407 e. The minimum absolute atomic E-state index is 0. The molecule has 0 aromatic heterocycles. The number of rotatable bonds is 9. The van der Waals surface area contributed by atoms with Crippen LogP contribution in [0.5, 0.6) is 0 Å². The van der Waals surface area contributed by atoms with E-state index in [1.54, 1.807) is 7.05 Å². The number of carbonyl (C=O) groups is 1. The first-order chi connectivity index (χ1) is 11.6. The molecular weight excluding hydrogens is 445 g/mol. The van der Waals surface area contributed by atoms with Gasteiger partial charge in [0.1, 0.15) is 5.60 Å². The van der Waals surface area contributed by atoms with Crippen molar-refractivity contribution in [2.45, 2.75) is 72.6 Å². The van der Waals surface area contributed by atoms with E-state index in [2.05, 4.69) is 53.5 Å². The van der Waals surface area contributed by atoms with Gasteiger partial charge in [-0.05, 0) is 54.9 Å². The number of ether oxygens (including phenoxy) is 1. The van der Waals surface area contributed by atoms with Crippen LogP contribution in [0.15, 0.2) is 4.99 Å². The molecule has 8 heteroatoms. The average molecular weight is 485 g/mol. The largest absolute Gasteiger partial charge is 0.444 e. The number of halogens is 1. The van der Waals surface area contributed by atoms with Crippen LogP contribution in [-0.4, -0.2) is 67.9 Å². The van der Waals surface area contributed by atoms with Gasteiger partial charge in [-0.1, -0.05) is 0 Å². The Morgan fingerprint density at radius 2 is 1.50 bits per heavy atom. The quantitative estimate of drug-likeness (QED) is 0.203. The highest BCUT2D eigenvalue weighted by atomic mass is 127. The first-order valence-corrected chi connectivity index (χ1v) is 9.24. The second kappa shape index (κ2) is 14.3. The number of aliphatic imine (C=N–C) groups is 1. The van der Waals surface area contributed by atoms with Gasteiger partial charge in [-0.2, -0.15) is 0 Å². The Morgan fingerprint density at radius 3 is 1.96 bits per heavy atom. The van der Waals surface area contributed by atoms with Crippen molar-refractivity contribution in [3.8, 4) is 0 Å². The summed E-state index contributed by atoms with van der Waals surface area (Å²) in [6, 6.07) is 1.05. The van der Waals surface area contributed by atoms with Crippen LogP contribution in [0.1, 0.15) is 54.9 Å². The maximum absolute atomic E-state index is 11.5. The Hall–Kier alpha value is -0.770. The third kappa shape index (κ3) is 14.4. The zero-order valence-corrected chi connectivity index (χ0v) is 20.1. The number of amides is 1. The molecule has 3 N–H and O–H groups in total. The van der Waals surface area contributed by atoms with Crippen molar-refractivity contribution in [2.24, 2.45) is 4.99 Å². The van der Waals surface area contributed by atoms with Crippen molar-refractivity contribution in [3.05, 3.63) is 0 Å². The van der Waals surface area contributed by atoms with E-state index in [0.717, 1.165) is 32.0 Å². The number of alkyl carbamates (subject to hydrolysis) is 1. The highest BCUT2D eigenvalue weighted by Gasteiger charge is 2.15. The molecule has 0 aromatic carbocycles. The first kappa shape index (κ1) is 27.4. The topological polar surface area (TPSA) is 78.0 Å². The maximum atomic E-state index is 11.5. The van der Waals surface area contributed by atoms with Gasteiger partial charge in [-0.15, -0.1) is 24.0 Å². The van der Waals surface area contributed by atoms with Crippen LogP contribution >= 0.6 is 24.0 Å². The van der Waals surface area contributed by atoms with Crippen LogP contribution in [0.2, 0.25) is 0 Å². The number of carbonyl (C=O) groups excluding carboxylic acids is 1. The van der Waals surface area contributed by atoms with Crippen LogP contribution in [0, 0.1) is 0 Å². The van der Waals surface area contributed by atoms with Gasteiger partial charge in [0, 0.05) is 45.3 Å². The number of nitrogens with one attached hydrogen (secondary N) is 3. The highest BCUT2D eigenvalue weighted by Crippen LogP contribution is 2.06. The summed E-state index contributed by atoms with van der Waals surface area (Å²) in [5.41, 5.74) is -0.464. The third-order valence-corrected chi connectivity index (χ3v) is 3.53. The van der Waals surface area contributed by atoms with Crippen LogP contribution in [0.3, 0.4) is 0 Å². The summed E-state index contributed by atoms with van der Waals surface area (Å²) in [6.07, 6.45) is 0.418. The van der Waals surface area contributed by atoms with Crippen molar-refractivity contribution in [2.75, 3.05) is 33.2 Å². The molecule has 7 nitrogen and oxygen atoms in total. The zero-order valence-electron chi connectivity index (χ0n) is 17.8. The van der Waals surface area contributed by atoms with E-state index >= 15 is 0 Å². The minimum atomic E-state index is -0.464. The van der Waals surface area contributed by atoms with E-state index < -0.39 is 5.60 Å². The van der Waals surface area contributed by atoms with Gasteiger partial charge in [0.05, 0.1) is 0 Å². The van der Waals surface area contributed by atoms with Gasteiger partial charge < -0.3 is 20.7 Å². The molecule has 0 saturated carbocycles. The van der Waals surface area contributed by atoms with E-state index in [1.165, 1.54) is 0 Å². The van der Waals surface area contributed by atoms with Gasteiger partial charge in [0.2, 0.25) is 0 Å². The van der Waals surface area contributed by atoms with E-state index in [1.807, 2.05) is 20.8 Å². The number of hydrogen-bond donors (Lipinski definition) is 3. The molecule has 0 radical (unpaired) electrons. The van der Waals surface area contributed by atoms with E-state index in [0.29, 0.717) is 18.6 Å². The molecule has 0 heterocycles. The Balaban J connectivity index is 0. The van der Waals surface area contributed by atoms with Gasteiger partial charge in [-0.25, -0.2) is 4.79 Å². The number of nitrogens with zero attached hydrogens (tertiary/aromatic N) is 2. The van der Waals surface area contributed by atoms with Crippen LogP contribution in [0.25, 0.3) is 0 Å². The molecule has 0 bridgehead atoms. The fourth-order valence-electron chi connectivity index (χ4n) is 2.44. The van der Waals surface area contributed by atoms with Crippen LogP contribution in [-0.2, 0) is 4.74 Å². The van der Waals surface area contributed by atoms with Crippen LogP contribution < -0.4 is 16.0 Å². The van der Waals surface area contributed by atoms with Crippen molar-refractivity contribution < 1.29 is 9.53 Å². The molecule has 0 saturated heterocycles. The molecule has 156 valence electrons. The summed E-state index contributed by atoms with van der Waals surface area (Å²) in [5.74, 6) is 0.782. The molecular formula is C18H40IN5O2. The normalized spacial score (nSPS) is 12.2. The Labute approximate surface area is 177 Å². The van der Waals surface area contributed by atoms with Gasteiger partial charge in [0.25, 0.3) is 0 Å². The predicted octanol–water partition coefficient (Wildman–Crippen LogP) is 2.80. The summed E-state index contributed by atoms with van der Waals surface area (Å²) in [4.78, 5) is 18.2. The third-order valence-electron chi connectivity index (χ3n) is 3.53. The predicted molar refractivity (Wildman–Crippen MR) is 121 cm³/mol. The molecule has 0 aliphatic rings. The molecule has 0 spiro atoms. The molecule has 0 atom stereocenters. The second-order valence-corrected chi connectivity index (χ2v) is 7.63. The lowest BCUT2D eigenvalue weighted by molar-refractivity contribution is 0.0527. The summed E-state index contributed by atoms with van der Waals surface area (Å²) >= 11 is 0. The van der Waals surface area contributed by atoms with Crippen LogP contribution in [0.4, 0.5) is 4.79 Å². The lowest BCUT2D eigenvalue weighted by atomic mass is 10.2. The molecule has 0 aliphatic carbocycles. The summed E-state index contributed by atoms with van der Waals surface area (Å²) in [7, 11) is 1.76. The fourth-order valence-corrected chi connectivity index (χ4v) is 2.44. The molecule has 0 aliphatic heterocycles. The molecule has 0 unspecified atom stereocenters. The van der Waals surface area contributed by atoms with E-state index in [-0.39, 0.29) is 30.1 Å². The van der Waals surface area contributed by atoms with Gasteiger partial charge in [0.15, 0.2) is 5.96 Å². The summed E-state index contributed by atoms with van der Waals surface area (Å²) < 4.78 is 5.19. The Kier molecular flexibility index (Phi) is 15.1. The highest BCUT2D eigenvalue weighted by molar-refractivity contribution is 14.0. The average Bonchev–Trinajstić information content (AvgIpc) is 2.46. The Bertz CT molecular complexity index is 401. The molecule has 0 fully saturated rings. The minimum Gasteiger partial charge on any atom is -0.444 e. The summed E-state index contributed by atoms with van der Waals surface area (Å²) in [6.45, 7) is 17.5. The zero-order chi connectivity index (χ0) is 19.5. The number of hydrogen-bond acceptors (Lipinski definition) is 4. The number of guanidine groups is 1. The molecule has 1 amide bonds. The first-order valence-electron chi connectivity index (χ1n) is 9.24. The van der Waals surface area contributed by atoms with E-state index in [9.17, 15) is 4.79 Å². The summed E-state index contributed by atoms with van der Waals surface area (Å²) in [5, 5.41) is 9.32. The molecule has 0 aromatic rings. The fraction of sp³-hybridized carbons (Fsp3) is 0.889. The van der Waals surface area contributed by atoms with Crippen molar-refractivity contribution >= 4 is 36.0 Å². The van der Waals surface area contributed by atoms with Crippen molar-refractivity contribution in [1.29, 1.82) is 0 Å². The molecule has 0 rings (SSSR count).